The molecule has 0 spiro atoms. The van der Waals surface area contributed by atoms with Gasteiger partial charge >= 0.3 is 0 Å². The van der Waals surface area contributed by atoms with Crippen molar-refractivity contribution in [2.45, 2.75) is 19.8 Å². The molecule has 120 valence electrons. The molecule has 5 heteroatoms. The number of piperidine rings is 1. The van der Waals surface area contributed by atoms with Crippen molar-refractivity contribution in [3.8, 4) is 0 Å². The minimum absolute atomic E-state index is 0.186. The molecule has 1 saturated heterocycles. The second-order valence-corrected chi connectivity index (χ2v) is 6.43. The van der Waals surface area contributed by atoms with Crippen LogP contribution in [0.25, 0.3) is 0 Å². The minimum atomic E-state index is -0.186. The van der Waals surface area contributed by atoms with E-state index < -0.39 is 0 Å². The van der Waals surface area contributed by atoms with Gasteiger partial charge in [0.05, 0.1) is 5.56 Å². The smallest absolute Gasteiger partial charge is 0.257 e. The molecular weight excluding hydrogens is 310 g/mol. The predicted molar refractivity (Wildman–Crippen MR) is 94.3 cm³/mol. The third-order valence-corrected chi connectivity index (χ3v) is 4.49. The van der Waals surface area contributed by atoms with Crippen molar-refractivity contribution < 1.29 is 4.79 Å². The van der Waals surface area contributed by atoms with Gasteiger partial charge in [-0.3, -0.25) is 4.79 Å². The van der Waals surface area contributed by atoms with Crippen LogP contribution in [0, 0.1) is 5.92 Å². The quantitative estimate of drug-likeness (QED) is 0.857. The maximum absolute atomic E-state index is 12.1. The average molecular weight is 330 g/mol. The van der Waals surface area contributed by atoms with Crippen LogP contribution in [-0.2, 0) is 0 Å². The molecule has 1 N–H and O–H groups in total. The fraction of sp³-hybridized carbons (Fsp3) is 0.333. The summed E-state index contributed by atoms with van der Waals surface area (Å²) in [5, 5.41) is 3.25. The molecule has 1 aliphatic heterocycles. The number of carbonyl (C=O) groups excluding carboxylic acids is 1. The van der Waals surface area contributed by atoms with Crippen LogP contribution < -0.4 is 10.2 Å². The second kappa shape index (κ2) is 7.01. The van der Waals surface area contributed by atoms with Crippen LogP contribution in [-0.4, -0.2) is 24.0 Å². The third-order valence-electron chi connectivity index (χ3n) is 4.26. The van der Waals surface area contributed by atoms with Crippen molar-refractivity contribution in [1.82, 2.24) is 4.98 Å². The molecule has 1 aromatic heterocycles. The summed E-state index contributed by atoms with van der Waals surface area (Å²) in [5.41, 5.74) is 2.48. The summed E-state index contributed by atoms with van der Waals surface area (Å²) < 4.78 is 0. The number of pyridine rings is 1. The number of hydrogen-bond donors (Lipinski definition) is 1. The van der Waals surface area contributed by atoms with Gasteiger partial charge in [-0.1, -0.05) is 18.5 Å². The van der Waals surface area contributed by atoms with Gasteiger partial charge in [-0.2, -0.15) is 0 Å². The van der Waals surface area contributed by atoms with Gasteiger partial charge in [0.25, 0.3) is 5.91 Å². The lowest BCUT2D eigenvalue weighted by Gasteiger charge is -2.32. The summed E-state index contributed by atoms with van der Waals surface area (Å²) >= 11 is 5.73. The lowest BCUT2D eigenvalue weighted by molar-refractivity contribution is 0.102. The number of hydrogen-bond acceptors (Lipinski definition) is 3. The number of halogens is 1. The Balaban J connectivity index is 1.63. The highest BCUT2D eigenvalue weighted by atomic mass is 35.5. The first-order chi connectivity index (χ1) is 11.1. The Hall–Kier alpha value is -2.07. The molecule has 2 heterocycles. The summed E-state index contributed by atoms with van der Waals surface area (Å²) in [4.78, 5) is 18.5. The van der Waals surface area contributed by atoms with Crippen molar-refractivity contribution in [2.24, 2.45) is 5.92 Å². The monoisotopic (exact) mass is 329 g/mol. The number of aromatic nitrogens is 1. The fourth-order valence-electron chi connectivity index (χ4n) is 2.74. The van der Waals surface area contributed by atoms with Gasteiger partial charge in [-0.05, 0) is 55.2 Å². The molecular formula is C18H20ClN3O. The summed E-state index contributed by atoms with van der Waals surface area (Å²) in [5.74, 6) is 0.631. The van der Waals surface area contributed by atoms with Crippen LogP contribution in [0.15, 0.2) is 42.6 Å². The zero-order chi connectivity index (χ0) is 16.2. The van der Waals surface area contributed by atoms with Crippen molar-refractivity contribution in [3.05, 3.63) is 53.3 Å². The molecule has 0 aliphatic carbocycles. The Morgan fingerprint density at radius 3 is 2.48 bits per heavy atom. The lowest BCUT2D eigenvalue weighted by Crippen LogP contribution is -2.32. The normalized spacial score (nSPS) is 15.5. The number of rotatable bonds is 3. The van der Waals surface area contributed by atoms with Gasteiger partial charge in [-0.15, -0.1) is 0 Å². The number of amides is 1. The van der Waals surface area contributed by atoms with Gasteiger partial charge in [0, 0.05) is 30.7 Å². The first-order valence-electron chi connectivity index (χ1n) is 7.90. The van der Waals surface area contributed by atoms with Crippen molar-refractivity contribution in [3.63, 3.8) is 0 Å². The van der Waals surface area contributed by atoms with Crippen molar-refractivity contribution in [2.75, 3.05) is 23.3 Å². The molecule has 0 radical (unpaired) electrons. The van der Waals surface area contributed by atoms with Crippen LogP contribution >= 0.6 is 11.6 Å². The number of carbonyl (C=O) groups is 1. The largest absolute Gasteiger partial charge is 0.372 e. The molecule has 1 fully saturated rings. The molecule has 4 nitrogen and oxygen atoms in total. The van der Waals surface area contributed by atoms with Crippen LogP contribution in [0.2, 0.25) is 5.15 Å². The zero-order valence-corrected chi connectivity index (χ0v) is 13.9. The van der Waals surface area contributed by atoms with E-state index >= 15 is 0 Å². The maximum Gasteiger partial charge on any atom is 0.257 e. The van der Waals surface area contributed by atoms with Gasteiger partial charge in [-0.25, -0.2) is 4.98 Å². The Bertz CT molecular complexity index is 662. The number of benzene rings is 1. The predicted octanol–water partition coefficient (Wildman–Crippen LogP) is 4.22. The molecule has 0 unspecified atom stereocenters. The molecule has 0 bridgehead atoms. The van der Waals surface area contributed by atoms with Crippen LogP contribution in [0.4, 0.5) is 11.4 Å². The Morgan fingerprint density at radius 2 is 1.87 bits per heavy atom. The van der Waals surface area contributed by atoms with E-state index in [-0.39, 0.29) is 5.91 Å². The molecule has 1 amide bonds. The summed E-state index contributed by atoms with van der Waals surface area (Å²) in [6.07, 6.45) is 3.95. The SMILES string of the molecule is CC1CCN(c2ccc(NC(=O)c3ccc(Cl)nc3)cc2)CC1. The number of nitrogens with one attached hydrogen (secondary N) is 1. The van der Waals surface area contributed by atoms with E-state index in [0.29, 0.717) is 10.7 Å². The van der Waals surface area contributed by atoms with Gasteiger partial charge in [0.1, 0.15) is 5.15 Å². The standard InChI is InChI=1S/C18H20ClN3O/c1-13-8-10-22(11-9-13)16-5-3-15(4-6-16)21-18(23)14-2-7-17(19)20-12-14/h2-7,12-13H,8-11H2,1H3,(H,21,23). The Labute approximate surface area is 141 Å². The summed E-state index contributed by atoms with van der Waals surface area (Å²) in [7, 11) is 0. The first kappa shape index (κ1) is 15.8. The molecule has 23 heavy (non-hydrogen) atoms. The zero-order valence-electron chi connectivity index (χ0n) is 13.1. The number of nitrogens with zero attached hydrogens (tertiary/aromatic N) is 2. The lowest BCUT2D eigenvalue weighted by atomic mass is 9.99. The van der Waals surface area contributed by atoms with E-state index in [4.69, 9.17) is 11.6 Å². The Kier molecular flexibility index (Phi) is 4.82. The first-order valence-corrected chi connectivity index (χ1v) is 8.27. The molecule has 0 atom stereocenters. The minimum Gasteiger partial charge on any atom is -0.372 e. The molecule has 1 aliphatic rings. The van der Waals surface area contributed by atoms with Crippen LogP contribution in [0.1, 0.15) is 30.1 Å². The molecule has 3 rings (SSSR count). The van der Waals surface area contributed by atoms with E-state index in [1.54, 1.807) is 12.1 Å². The number of anilines is 2. The second-order valence-electron chi connectivity index (χ2n) is 6.04. The van der Waals surface area contributed by atoms with E-state index in [2.05, 4.69) is 34.3 Å². The highest BCUT2D eigenvalue weighted by Gasteiger charge is 2.16. The topological polar surface area (TPSA) is 45.2 Å². The van der Waals surface area contributed by atoms with E-state index in [0.717, 1.165) is 24.7 Å². The van der Waals surface area contributed by atoms with E-state index in [1.807, 2.05) is 12.1 Å². The summed E-state index contributed by atoms with van der Waals surface area (Å²) in [6, 6.07) is 11.3. The maximum atomic E-state index is 12.1. The molecule has 1 aromatic carbocycles. The van der Waals surface area contributed by atoms with Crippen molar-refractivity contribution >= 4 is 28.9 Å². The van der Waals surface area contributed by atoms with Gasteiger partial charge < -0.3 is 10.2 Å². The highest BCUT2D eigenvalue weighted by Crippen LogP contribution is 2.24. The third kappa shape index (κ3) is 4.02. The van der Waals surface area contributed by atoms with E-state index in [1.165, 1.54) is 24.7 Å². The van der Waals surface area contributed by atoms with Crippen LogP contribution in [0.3, 0.4) is 0 Å². The summed E-state index contributed by atoms with van der Waals surface area (Å²) in [6.45, 7) is 4.51. The van der Waals surface area contributed by atoms with Gasteiger partial charge in [0.15, 0.2) is 0 Å². The molecule has 2 aromatic rings. The highest BCUT2D eigenvalue weighted by molar-refractivity contribution is 6.29. The fourth-order valence-corrected chi connectivity index (χ4v) is 2.85. The Morgan fingerprint density at radius 1 is 1.17 bits per heavy atom. The molecule has 0 saturated carbocycles. The van der Waals surface area contributed by atoms with Gasteiger partial charge in [0.2, 0.25) is 0 Å². The average Bonchev–Trinajstić information content (AvgIpc) is 2.57. The van der Waals surface area contributed by atoms with Crippen LogP contribution in [0.5, 0.6) is 0 Å². The van der Waals surface area contributed by atoms with Crippen molar-refractivity contribution in [1.29, 1.82) is 0 Å². The van der Waals surface area contributed by atoms with E-state index in [9.17, 15) is 4.79 Å².